The van der Waals surface area contributed by atoms with Crippen LogP contribution in [0.15, 0.2) is 47.8 Å². The maximum atomic E-state index is 12.2. The highest BCUT2D eigenvalue weighted by Crippen LogP contribution is 2.16. The number of anilines is 1. The van der Waals surface area contributed by atoms with Gasteiger partial charge in [-0.2, -0.15) is 0 Å². The summed E-state index contributed by atoms with van der Waals surface area (Å²) in [4.78, 5) is 7.76. The van der Waals surface area contributed by atoms with Crippen LogP contribution in [-0.4, -0.2) is 18.4 Å². The van der Waals surface area contributed by atoms with Gasteiger partial charge in [0.1, 0.15) is 5.82 Å². The van der Waals surface area contributed by atoms with Gasteiger partial charge in [0, 0.05) is 30.7 Å². The second-order valence-corrected chi connectivity index (χ2v) is 5.75. The minimum atomic E-state index is -3.62. The molecule has 19 heavy (non-hydrogen) atoms. The minimum Gasteiger partial charge on any atom is -0.384 e. The number of nitrogens with two attached hydrogens (primary N) is 1. The van der Waals surface area contributed by atoms with Crippen LogP contribution < -0.4 is 10.5 Å². The normalized spacial score (nSPS) is 13.1. The topological polar surface area (TPSA) is 98.0 Å². The molecule has 2 aromatic rings. The molecule has 0 saturated carbocycles. The second-order valence-electron chi connectivity index (χ2n) is 4.04. The van der Waals surface area contributed by atoms with Gasteiger partial charge in [-0.25, -0.2) is 18.1 Å². The zero-order chi connectivity index (χ0) is 13.9. The first kappa shape index (κ1) is 13.4. The Morgan fingerprint density at radius 1 is 1.21 bits per heavy atom. The average Bonchev–Trinajstić information content (AvgIpc) is 2.39. The quantitative estimate of drug-likeness (QED) is 0.872. The molecule has 6 nitrogen and oxygen atoms in total. The molecule has 0 spiro atoms. The van der Waals surface area contributed by atoms with Gasteiger partial charge in [-0.1, -0.05) is 0 Å². The lowest BCUT2D eigenvalue weighted by Gasteiger charge is -2.14. The Labute approximate surface area is 111 Å². The molecule has 0 fully saturated rings. The van der Waals surface area contributed by atoms with Crippen LogP contribution >= 0.6 is 0 Å². The molecule has 7 heteroatoms. The number of hydrogen-bond acceptors (Lipinski definition) is 5. The largest absolute Gasteiger partial charge is 0.384 e. The van der Waals surface area contributed by atoms with Crippen LogP contribution in [0.5, 0.6) is 0 Å². The number of pyridine rings is 2. The van der Waals surface area contributed by atoms with Crippen LogP contribution in [0.1, 0.15) is 18.5 Å². The minimum absolute atomic E-state index is 0.0981. The van der Waals surface area contributed by atoms with Crippen molar-refractivity contribution in [1.82, 2.24) is 14.7 Å². The zero-order valence-corrected chi connectivity index (χ0v) is 11.1. The zero-order valence-electron chi connectivity index (χ0n) is 10.3. The van der Waals surface area contributed by atoms with E-state index >= 15 is 0 Å². The Morgan fingerprint density at radius 2 is 1.89 bits per heavy atom. The fourth-order valence-electron chi connectivity index (χ4n) is 1.62. The molecular formula is C12H14N4O2S. The van der Waals surface area contributed by atoms with Crippen molar-refractivity contribution in [3.05, 3.63) is 48.4 Å². The molecule has 0 aromatic carbocycles. The van der Waals surface area contributed by atoms with Crippen molar-refractivity contribution < 1.29 is 8.42 Å². The third-order valence-corrected chi connectivity index (χ3v) is 4.14. The van der Waals surface area contributed by atoms with E-state index in [2.05, 4.69) is 14.7 Å². The number of rotatable bonds is 4. The maximum absolute atomic E-state index is 12.2. The molecule has 1 unspecified atom stereocenters. The molecule has 0 radical (unpaired) electrons. The van der Waals surface area contributed by atoms with Gasteiger partial charge in [0.05, 0.1) is 4.90 Å². The van der Waals surface area contributed by atoms with Gasteiger partial charge in [-0.15, -0.1) is 0 Å². The first-order chi connectivity index (χ1) is 8.99. The summed E-state index contributed by atoms with van der Waals surface area (Å²) in [5.41, 5.74) is 6.32. The highest BCUT2D eigenvalue weighted by atomic mass is 32.2. The first-order valence-corrected chi connectivity index (χ1v) is 7.11. The second kappa shape index (κ2) is 5.33. The molecule has 0 saturated heterocycles. The molecule has 100 valence electrons. The van der Waals surface area contributed by atoms with Gasteiger partial charge in [0.25, 0.3) is 0 Å². The van der Waals surface area contributed by atoms with E-state index in [4.69, 9.17) is 5.73 Å². The van der Waals surface area contributed by atoms with Crippen molar-refractivity contribution in [3.8, 4) is 0 Å². The van der Waals surface area contributed by atoms with Crippen LogP contribution in [0.4, 0.5) is 5.82 Å². The van der Waals surface area contributed by atoms with Gasteiger partial charge in [0.15, 0.2) is 0 Å². The molecule has 3 N–H and O–H groups in total. The summed E-state index contributed by atoms with van der Waals surface area (Å²) >= 11 is 0. The average molecular weight is 278 g/mol. The van der Waals surface area contributed by atoms with Crippen molar-refractivity contribution in [2.24, 2.45) is 0 Å². The van der Waals surface area contributed by atoms with Crippen LogP contribution in [0.3, 0.4) is 0 Å². The number of sulfonamides is 1. The third kappa shape index (κ3) is 3.27. The highest BCUT2D eigenvalue weighted by molar-refractivity contribution is 7.89. The van der Waals surface area contributed by atoms with Crippen LogP contribution in [0.2, 0.25) is 0 Å². The summed E-state index contributed by atoms with van der Waals surface area (Å²) in [5, 5.41) is 0. The fraction of sp³-hybridized carbons (Fsp3) is 0.167. The summed E-state index contributed by atoms with van der Waals surface area (Å²) in [6, 6.07) is 5.88. The lowest BCUT2D eigenvalue weighted by molar-refractivity contribution is 0.566. The monoisotopic (exact) mass is 278 g/mol. The van der Waals surface area contributed by atoms with E-state index in [1.54, 1.807) is 31.5 Å². The SMILES string of the molecule is CC(NS(=O)(=O)c1ccnc(N)c1)c1ccncc1. The van der Waals surface area contributed by atoms with Crippen molar-refractivity contribution in [2.75, 3.05) is 5.73 Å². The van der Waals surface area contributed by atoms with E-state index in [1.165, 1.54) is 18.3 Å². The van der Waals surface area contributed by atoms with Gasteiger partial charge in [-0.3, -0.25) is 4.98 Å². The van der Waals surface area contributed by atoms with Gasteiger partial charge in [-0.05, 0) is 30.7 Å². The van der Waals surface area contributed by atoms with Crippen molar-refractivity contribution in [1.29, 1.82) is 0 Å². The van der Waals surface area contributed by atoms with E-state index in [0.29, 0.717) is 0 Å². The summed E-state index contributed by atoms with van der Waals surface area (Å²) in [6.45, 7) is 1.76. The molecule has 1 atom stereocenters. The number of nitrogens with one attached hydrogen (secondary N) is 1. The Kier molecular flexibility index (Phi) is 3.77. The molecule has 0 amide bonds. The van der Waals surface area contributed by atoms with Crippen molar-refractivity contribution in [3.63, 3.8) is 0 Å². The Morgan fingerprint density at radius 3 is 2.53 bits per heavy atom. The van der Waals surface area contributed by atoms with E-state index < -0.39 is 10.0 Å². The van der Waals surface area contributed by atoms with E-state index in [9.17, 15) is 8.42 Å². The molecule has 0 aliphatic heterocycles. The lowest BCUT2D eigenvalue weighted by Crippen LogP contribution is -2.27. The summed E-state index contributed by atoms with van der Waals surface area (Å²) in [6.07, 6.45) is 4.59. The molecule has 0 aliphatic rings. The predicted octanol–water partition coefficient (Wildman–Crippen LogP) is 1.10. The molecule has 0 aliphatic carbocycles. The number of nitrogens with zero attached hydrogens (tertiary/aromatic N) is 2. The maximum Gasteiger partial charge on any atom is 0.241 e. The number of hydrogen-bond donors (Lipinski definition) is 2. The molecule has 2 rings (SSSR count). The standard InChI is InChI=1S/C12H14N4O2S/c1-9(10-2-5-14-6-3-10)16-19(17,18)11-4-7-15-12(13)8-11/h2-9,16H,1H3,(H2,13,15). The Bertz CT molecular complexity index is 658. The van der Waals surface area contributed by atoms with Crippen molar-refractivity contribution >= 4 is 15.8 Å². The fourth-order valence-corrected chi connectivity index (χ4v) is 2.87. The Balaban J connectivity index is 2.23. The predicted molar refractivity (Wildman–Crippen MR) is 71.6 cm³/mol. The molecular weight excluding hydrogens is 264 g/mol. The van der Waals surface area contributed by atoms with Gasteiger partial charge in [0.2, 0.25) is 10.0 Å². The van der Waals surface area contributed by atoms with Crippen LogP contribution in [0.25, 0.3) is 0 Å². The molecule has 2 aromatic heterocycles. The molecule has 2 heterocycles. The summed E-state index contributed by atoms with van der Waals surface area (Å²) in [5.74, 6) is 0.166. The Hall–Kier alpha value is -1.99. The number of nitrogen functional groups attached to an aromatic ring is 1. The third-order valence-electron chi connectivity index (χ3n) is 2.60. The summed E-state index contributed by atoms with van der Waals surface area (Å²) in [7, 11) is -3.62. The van der Waals surface area contributed by atoms with E-state index in [-0.39, 0.29) is 16.8 Å². The van der Waals surface area contributed by atoms with Gasteiger partial charge < -0.3 is 5.73 Å². The van der Waals surface area contributed by atoms with E-state index in [1.807, 2.05) is 0 Å². The summed E-state index contributed by atoms with van der Waals surface area (Å²) < 4.78 is 26.9. The van der Waals surface area contributed by atoms with Crippen LogP contribution in [-0.2, 0) is 10.0 Å². The number of aromatic nitrogens is 2. The van der Waals surface area contributed by atoms with E-state index in [0.717, 1.165) is 5.56 Å². The van der Waals surface area contributed by atoms with Crippen molar-refractivity contribution in [2.45, 2.75) is 17.9 Å². The first-order valence-electron chi connectivity index (χ1n) is 5.63. The molecule has 0 bridgehead atoms. The lowest BCUT2D eigenvalue weighted by atomic mass is 10.1. The highest BCUT2D eigenvalue weighted by Gasteiger charge is 2.18. The smallest absolute Gasteiger partial charge is 0.241 e. The van der Waals surface area contributed by atoms with Crippen LogP contribution in [0, 0.1) is 0 Å². The van der Waals surface area contributed by atoms with Gasteiger partial charge >= 0.3 is 0 Å².